The lowest BCUT2D eigenvalue weighted by molar-refractivity contribution is 0.244. The highest BCUT2D eigenvalue weighted by atomic mass is 32.1. The molecule has 31 heavy (non-hydrogen) atoms. The number of hydrogen-bond acceptors (Lipinski definition) is 5. The SMILES string of the molecule is CN(Cc1ccc(N2CCCCC2)cc1)Cn1nc(-c2cccnc2)n(C2CC2)c1=S. The second-order valence-corrected chi connectivity index (χ2v) is 9.18. The second-order valence-electron chi connectivity index (χ2n) is 8.82. The van der Waals surface area contributed by atoms with Gasteiger partial charge in [0.15, 0.2) is 10.6 Å². The van der Waals surface area contributed by atoms with Crippen LogP contribution in [0.25, 0.3) is 11.4 Å². The summed E-state index contributed by atoms with van der Waals surface area (Å²) in [5, 5.41) is 4.89. The Balaban J connectivity index is 1.29. The van der Waals surface area contributed by atoms with E-state index in [1.54, 1.807) is 6.20 Å². The fourth-order valence-corrected chi connectivity index (χ4v) is 4.75. The van der Waals surface area contributed by atoms with Gasteiger partial charge in [-0.25, -0.2) is 4.68 Å². The van der Waals surface area contributed by atoms with Crippen molar-refractivity contribution in [3.05, 3.63) is 59.1 Å². The standard InChI is InChI=1S/C24H30N6S/c1-27(17-19-7-9-21(10-8-19)28-14-3-2-4-15-28)18-29-24(31)30(22-11-12-22)23(26-29)20-6-5-13-25-16-20/h5-10,13,16,22H,2-4,11-12,14-15,17-18H2,1H3. The highest BCUT2D eigenvalue weighted by Crippen LogP contribution is 2.38. The van der Waals surface area contributed by atoms with Crippen LogP contribution in [0, 0.1) is 4.77 Å². The van der Waals surface area contributed by atoms with Crippen molar-refractivity contribution < 1.29 is 0 Å². The third kappa shape index (κ3) is 4.57. The average molecular weight is 435 g/mol. The summed E-state index contributed by atoms with van der Waals surface area (Å²) in [6, 6.07) is 13.5. The van der Waals surface area contributed by atoms with E-state index < -0.39 is 0 Å². The molecule has 1 aliphatic heterocycles. The molecule has 0 atom stereocenters. The number of benzene rings is 1. The summed E-state index contributed by atoms with van der Waals surface area (Å²) in [7, 11) is 2.13. The molecule has 0 spiro atoms. The van der Waals surface area contributed by atoms with Gasteiger partial charge >= 0.3 is 0 Å². The van der Waals surface area contributed by atoms with Crippen LogP contribution in [0.15, 0.2) is 48.8 Å². The minimum atomic E-state index is 0.476. The van der Waals surface area contributed by atoms with Gasteiger partial charge in [0.25, 0.3) is 0 Å². The summed E-state index contributed by atoms with van der Waals surface area (Å²) in [6.07, 6.45) is 9.98. The minimum absolute atomic E-state index is 0.476. The van der Waals surface area contributed by atoms with Gasteiger partial charge in [-0.05, 0) is 81.2 Å². The molecule has 0 bridgehead atoms. The van der Waals surface area contributed by atoms with Crippen molar-refractivity contribution in [2.45, 2.75) is 51.4 Å². The Hall–Kier alpha value is -2.51. The van der Waals surface area contributed by atoms with Crippen LogP contribution in [-0.4, -0.2) is 44.4 Å². The fraction of sp³-hybridized carbons (Fsp3) is 0.458. The van der Waals surface area contributed by atoms with Gasteiger partial charge in [0.1, 0.15) is 0 Å². The van der Waals surface area contributed by atoms with E-state index in [4.69, 9.17) is 17.3 Å². The number of pyridine rings is 1. The highest BCUT2D eigenvalue weighted by molar-refractivity contribution is 7.71. The third-order valence-corrected chi connectivity index (χ3v) is 6.60. The largest absolute Gasteiger partial charge is 0.372 e. The first-order valence-corrected chi connectivity index (χ1v) is 11.7. The topological polar surface area (TPSA) is 42.1 Å². The van der Waals surface area contributed by atoms with Crippen molar-refractivity contribution in [3.63, 3.8) is 0 Å². The lowest BCUT2D eigenvalue weighted by atomic mass is 10.1. The van der Waals surface area contributed by atoms with Crippen molar-refractivity contribution >= 4 is 17.9 Å². The molecule has 2 fully saturated rings. The Labute approximate surface area is 189 Å². The lowest BCUT2D eigenvalue weighted by Crippen LogP contribution is -2.29. The van der Waals surface area contributed by atoms with Gasteiger partial charge < -0.3 is 4.90 Å². The van der Waals surface area contributed by atoms with Crippen LogP contribution in [0.3, 0.4) is 0 Å². The molecule has 1 saturated heterocycles. The number of piperidine rings is 1. The fourth-order valence-electron chi connectivity index (χ4n) is 4.42. The van der Waals surface area contributed by atoms with E-state index in [9.17, 15) is 0 Å². The van der Waals surface area contributed by atoms with Gasteiger partial charge in [-0.15, -0.1) is 0 Å². The van der Waals surface area contributed by atoms with Crippen molar-refractivity contribution in [1.29, 1.82) is 0 Å². The number of hydrogen-bond donors (Lipinski definition) is 0. The van der Waals surface area contributed by atoms with Gasteiger partial charge in [0.2, 0.25) is 0 Å². The van der Waals surface area contributed by atoms with E-state index >= 15 is 0 Å². The quantitative estimate of drug-likeness (QED) is 0.495. The predicted octanol–water partition coefficient (Wildman–Crippen LogP) is 4.89. The van der Waals surface area contributed by atoms with Gasteiger partial charge in [-0.1, -0.05) is 12.1 Å². The molecule has 1 aliphatic carbocycles. The molecule has 0 amide bonds. The molecule has 0 unspecified atom stereocenters. The summed E-state index contributed by atoms with van der Waals surface area (Å²) in [6.45, 7) is 3.89. The zero-order valence-electron chi connectivity index (χ0n) is 18.2. The van der Waals surface area contributed by atoms with E-state index in [-0.39, 0.29) is 0 Å². The van der Waals surface area contributed by atoms with Gasteiger partial charge in [-0.3, -0.25) is 14.5 Å². The molecule has 2 aromatic heterocycles. The Kier molecular flexibility index (Phi) is 5.87. The molecule has 6 nitrogen and oxygen atoms in total. The van der Waals surface area contributed by atoms with Crippen LogP contribution in [0.4, 0.5) is 5.69 Å². The first kappa shape index (κ1) is 20.4. The molecular formula is C24H30N6S. The molecule has 0 N–H and O–H groups in total. The summed E-state index contributed by atoms with van der Waals surface area (Å²) in [4.78, 5) is 9.04. The highest BCUT2D eigenvalue weighted by Gasteiger charge is 2.29. The second kappa shape index (κ2) is 8.93. The smallest absolute Gasteiger partial charge is 0.199 e. The molecule has 3 aromatic rings. The van der Waals surface area contributed by atoms with Crippen molar-refractivity contribution in [1.82, 2.24) is 24.2 Å². The maximum absolute atomic E-state index is 5.81. The molecule has 7 heteroatoms. The Morgan fingerprint density at radius 2 is 1.84 bits per heavy atom. The molecule has 3 heterocycles. The van der Waals surface area contributed by atoms with Crippen LogP contribution in [-0.2, 0) is 13.2 Å². The normalized spacial score (nSPS) is 16.8. The first-order chi connectivity index (χ1) is 15.2. The van der Waals surface area contributed by atoms with Gasteiger partial charge in [0.05, 0.1) is 6.67 Å². The molecule has 2 aliphatic rings. The van der Waals surface area contributed by atoms with E-state index in [1.165, 1.54) is 56.4 Å². The number of aromatic nitrogens is 4. The molecule has 5 rings (SSSR count). The summed E-state index contributed by atoms with van der Waals surface area (Å²) in [5.74, 6) is 0.930. The van der Waals surface area contributed by atoms with E-state index in [1.807, 2.05) is 16.9 Å². The zero-order chi connectivity index (χ0) is 21.2. The zero-order valence-corrected chi connectivity index (χ0v) is 19.0. The van der Waals surface area contributed by atoms with Crippen LogP contribution in [0.1, 0.15) is 43.7 Å². The molecule has 162 valence electrons. The number of nitrogens with zero attached hydrogens (tertiary/aromatic N) is 6. The van der Waals surface area contributed by atoms with Crippen LogP contribution >= 0.6 is 12.2 Å². The summed E-state index contributed by atoms with van der Waals surface area (Å²) < 4.78 is 4.97. The van der Waals surface area contributed by atoms with Crippen LogP contribution < -0.4 is 4.90 Å². The lowest BCUT2D eigenvalue weighted by Gasteiger charge is -2.29. The number of rotatable bonds is 7. The summed E-state index contributed by atoms with van der Waals surface area (Å²) in [5.41, 5.74) is 3.68. The van der Waals surface area contributed by atoms with E-state index in [0.717, 1.165) is 22.7 Å². The van der Waals surface area contributed by atoms with Gasteiger partial charge in [-0.2, -0.15) is 5.10 Å². The Morgan fingerprint density at radius 3 is 2.52 bits per heavy atom. The van der Waals surface area contributed by atoms with Crippen molar-refractivity contribution in [2.75, 3.05) is 25.0 Å². The minimum Gasteiger partial charge on any atom is -0.372 e. The van der Waals surface area contributed by atoms with Crippen LogP contribution in [0.5, 0.6) is 0 Å². The average Bonchev–Trinajstić information content (AvgIpc) is 3.60. The Bertz CT molecular complexity index is 1060. The maximum atomic E-state index is 5.81. The molecular weight excluding hydrogens is 404 g/mol. The van der Waals surface area contributed by atoms with Crippen molar-refractivity contribution in [2.24, 2.45) is 0 Å². The molecule has 1 saturated carbocycles. The monoisotopic (exact) mass is 434 g/mol. The van der Waals surface area contributed by atoms with E-state index in [0.29, 0.717) is 12.7 Å². The van der Waals surface area contributed by atoms with Gasteiger partial charge in [0, 0.05) is 49.3 Å². The molecule has 0 radical (unpaired) electrons. The predicted molar refractivity (Wildman–Crippen MR) is 127 cm³/mol. The maximum Gasteiger partial charge on any atom is 0.199 e. The van der Waals surface area contributed by atoms with Crippen LogP contribution in [0.2, 0.25) is 0 Å². The molecule has 1 aromatic carbocycles. The Morgan fingerprint density at radius 1 is 1.06 bits per heavy atom. The summed E-state index contributed by atoms with van der Waals surface area (Å²) >= 11 is 5.81. The first-order valence-electron chi connectivity index (χ1n) is 11.3. The third-order valence-electron chi connectivity index (χ3n) is 6.19. The number of anilines is 1. The van der Waals surface area contributed by atoms with Crippen molar-refractivity contribution in [3.8, 4) is 11.4 Å². The van der Waals surface area contributed by atoms with E-state index in [2.05, 4.69) is 56.7 Å².